The highest BCUT2D eigenvalue weighted by atomic mass is 16.6. The Morgan fingerprint density at radius 1 is 1.20 bits per heavy atom. The van der Waals surface area contributed by atoms with Crippen LogP contribution in [0, 0.1) is 5.92 Å². The van der Waals surface area contributed by atoms with Gasteiger partial charge in [0.2, 0.25) is 0 Å². The van der Waals surface area contributed by atoms with E-state index in [-0.39, 0.29) is 24.7 Å². The number of benzene rings is 1. The molecule has 1 aliphatic heterocycles. The SMILES string of the molecule is CC[C@@H]1CN(C(=O)OCc2ccccc2)C[C@H]1NC(=O)OC(C)(C)C. The second-order valence-corrected chi connectivity index (χ2v) is 7.37. The molecule has 1 aliphatic rings. The summed E-state index contributed by atoms with van der Waals surface area (Å²) in [6.45, 7) is 8.78. The van der Waals surface area contributed by atoms with Gasteiger partial charge in [0.25, 0.3) is 0 Å². The topological polar surface area (TPSA) is 67.9 Å². The third-order valence-corrected chi connectivity index (χ3v) is 4.13. The van der Waals surface area contributed by atoms with E-state index in [9.17, 15) is 9.59 Å². The molecule has 1 aromatic carbocycles. The number of ether oxygens (including phenoxy) is 2. The third-order valence-electron chi connectivity index (χ3n) is 4.13. The molecule has 2 amide bonds. The first-order valence-electron chi connectivity index (χ1n) is 8.73. The summed E-state index contributed by atoms with van der Waals surface area (Å²) in [5.41, 5.74) is 0.407. The summed E-state index contributed by atoms with van der Waals surface area (Å²) in [5, 5.41) is 2.88. The van der Waals surface area contributed by atoms with E-state index in [1.54, 1.807) is 4.90 Å². The largest absolute Gasteiger partial charge is 0.445 e. The highest BCUT2D eigenvalue weighted by Gasteiger charge is 2.36. The van der Waals surface area contributed by atoms with Crippen molar-refractivity contribution in [2.75, 3.05) is 13.1 Å². The molecule has 0 spiro atoms. The van der Waals surface area contributed by atoms with Crippen LogP contribution in [0.4, 0.5) is 9.59 Å². The van der Waals surface area contributed by atoms with E-state index >= 15 is 0 Å². The van der Waals surface area contributed by atoms with E-state index in [2.05, 4.69) is 5.32 Å². The van der Waals surface area contributed by atoms with Crippen LogP contribution in [-0.4, -0.2) is 41.8 Å². The van der Waals surface area contributed by atoms with Gasteiger partial charge < -0.3 is 19.7 Å². The van der Waals surface area contributed by atoms with Crippen molar-refractivity contribution >= 4 is 12.2 Å². The summed E-state index contributed by atoms with van der Waals surface area (Å²) in [7, 11) is 0. The minimum absolute atomic E-state index is 0.121. The van der Waals surface area contributed by atoms with E-state index in [4.69, 9.17) is 9.47 Å². The van der Waals surface area contributed by atoms with Crippen molar-refractivity contribution in [3.63, 3.8) is 0 Å². The van der Waals surface area contributed by atoms with Crippen LogP contribution in [-0.2, 0) is 16.1 Å². The lowest BCUT2D eigenvalue weighted by Gasteiger charge is -2.23. The lowest BCUT2D eigenvalue weighted by atomic mass is 10.0. The summed E-state index contributed by atoms with van der Waals surface area (Å²) in [5.74, 6) is 0.191. The number of hydrogen-bond acceptors (Lipinski definition) is 4. The van der Waals surface area contributed by atoms with Crippen LogP contribution in [0.5, 0.6) is 0 Å². The Bertz CT molecular complexity index is 583. The summed E-state index contributed by atoms with van der Waals surface area (Å²) in [6.07, 6.45) is 0.0642. The predicted molar refractivity (Wildman–Crippen MR) is 95.1 cm³/mol. The molecule has 0 aromatic heterocycles. The average Bonchev–Trinajstić information content (AvgIpc) is 2.94. The van der Waals surface area contributed by atoms with Crippen LogP contribution >= 0.6 is 0 Å². The minimum atomic E-state index is -0.543. The molecular weight excluding hydrogens is 320 g/mol. The van der Waals surface area contributed by atoms with E-state index < -0.39 is 11.7 Å². The molecule has 1 N–H and O–H groups in total. The number of likely N-dealkylation sites (tertiary alicyclic amines) is 1. The number of alkyl carbamates (subject to hydrolysis) is 1. The Balaban J connectivity index is 1.87. The van der Waals surface area contributed by atoms with Gasteiger partial charge in [0.1, 0.15) is 12.2 Å². The van der Waals surface area contributed by atoms with Gasteiger partial charge in [0.05, 0.1) is 6.04 Å². The fourth-order valence-electron chi connectivity index (χ4n) is 2.87. The van der Waals surface area contributed by atoms with Gasteiger partial charge in [-0.25, -0.2) is 9.59 Å². The molecule has 138 valence electrons. The molecule has 1 fully saturated rings. The average molecular weight is 348 g/mol. The molecule has 6 heteroatoms. The zero-order chi connectivity index (χ0) is 18.4. The van der Waals surface area contributed by atoms with Crippen LogP contribution in [0.15, 0.2) is 30.3 Å². The van der Waals surface area contributed by atoms with Crippen LogP contribution < -0.4 is 5.32 Å². The van der Waals surface area contributed by atoms with Crippen LogP contribution in [0.25, 0.3) is 0 Å². The van der Waals surface area contributed by atoms with E-state index in [0.717, 1.165) is 12.0 Å². The molecular formula is C19H28N2O4. The van der Waals surface area contributed by atoms with Gasteiger partial charge in [-0.2, -0.15) is 0 Å². The quantitative estimate of drug-likeness (QED) is 0.903. The molecule has 1 saturated heterocycles. The monoisotopic (exact) mass is 348 g/mol. The molecule has 2 atom stereocenters. The first kappa shape index (κ1) is 19.1. The predicted octanol–water partition coefficient (Wildman–Crippen LogP) is 3.56. The first-order valence-corrected chi connectivity index (χ1v) is 8.73. The van der Waals surface area contributed by atoms with Gasteiger partial charge in [-0.15, -0.1) is 0 Å². The molecule has 0 saturated carbocycles. The molecule has 1 aromatic rings. The van der Waals surface area contributed by atoms with Gasteiger partial charge in [0.15, 0.2) is 0 Å². The van der Waals surface area contributed by atoms with Gasteiger partial charge in [-0.1, -0.05) is 37.3 Å². The number of nitrogens with one attached hydrogen (secondary N) is 1. The summed E-state index contributed by atoms with van der Waals surface area (Å²) in [4.78, 5) is 25.9. The van der Waals surface area contributed by atoms with Gasteiger partial charge in [-0.3, -0.25) is 0 Å². The minimum Gasteiger partial charge on any atom is -0.445 e. The highest BCUT2D eigenvalue weighted by Crippen LogP contribution is 2.22. The smallest absolute Gasteiger partial charge is 0.410 e. The normalized spacial score (nSPS) is 20.2. The number of amides is 2. The summed E-state index contributed by atoms with van der Waals surface area (Å²) >= 11 is 0. The maximum absolute atomic E-state index is 12.3. The molecule has 0 unspecified atom stereocenters. The highest BCUT2D eigenvalue weighted by molar-refractivity contribution is 5.70. The first-order chi connectivity index (χ1) is 11.8. The lowest BCUT2D eigenvalue weighted by Crippen LogP contribution is -2.43. The number of carbonyl (C=O) groups is 2. The Labute approximate surface area is 149 Å². The summed E-state index contributed by atoms with van der Waals surface area (Å²) < 4.78 is 10.7. The fraction of sp³-hybridized carbons (Fsp3) is 0.579. The van der Waals surface area contributed by atoms with E-state index in [0.29, 0.717) is 13.1 Å². The van der Waals surface area contributed by atoms with Gasteiger partial charge in [-0.05, 0) is 38.7 Å². The van der Waals surface area contributed by atoms with Crippen molar-refractivity contribution in [3.05, 3.63) is 35.9 Å². The Morgan fingerprint density at radius 3 is 2.48 bits per heavy atom. The van der Waals surface area contributed by atoms with Crippen molar-refractivity contribution in [2.45, 2.75) is 52.4 Å². The molecule has 1 heterocycles. The standard InChI is InChI=1S/C19H28N2O4/c1-5-15-11-21(12-16(15)20-17(22)25-19(2,3)4)18(23)24-13-14-9-7-6-8-10-14/h6-10,15-16H,5,11-13H2,1-4H3,(H,20,22)/t15-,16-/m1/s1. The Hall–Kier alpha value is -2.24. The molecule has 25 heavy (non-hydrogen) atoms. The van der Waals surface area contributed by atoms with Crippen molar-refractivity contribution in [3.8, 4) is 0 Å². The fourth-order valence-corrected chi connectivity index (χ4v) is 2.87. The van der Waals surface area contributed by atoms with Crippen molar-refractivity contribution in [2.24, 2.45) is 5.92 Å². The molecule has 2 rings (SSSR count). The van der Waals surface area contributed by atoms with Crippen LogP contribution in [0.1, 0.15) is 39.7 Å². The lowest BCUT2D eigenvalue weighted by molar-refractivity contribution is 0.0493. The van der Waals surface area contributed by atoms with Crippen molar-refractivity contribution in [1.82, 2.24) is 10.2 Å². The maximum atomic E-state index is 12.3. The maximum Gasteiger partial charge on any atom is 0.410 e. The second kappa shape index (κ2) is 8.23. The zero-order valence-electron chi connectivity index (χ0n) is 15.5. The Morgan fingerprint density at radius 2 is 1.88 bits per heavy atom. The molecule has 0 aliphatic carbocycles. The van der Waals surface area contributed by atoms with Gasteiger partial charge >= 0.3 is 12.2 Å². The van der Waals surface area contributed by atoms with Crippen LogP contribution in [0.2, 0.25) is 0 Å². The van der Waals surface area contributed by atoms with Crippen molar-refractivity contribution < 1.29 is 19.1 Å². The number of nitrogens with zero attached hydrogens (tertiary/aromatic N) is 1. The molecule has 6 nitrogen and oxygen atoms in total. The number of hydrogen-bond donors (Lipinski definition) is 1. The second-order valence-electron chi connectivity index (χ2n) is 7.37. The van der Waals surface area contributed by atoms with Gasteiger partial charge in [0, 0.05) is 13.1 Å². The molecule has 0 radical (unpaired) electrons. The Kier molecular flexibility index (Phi) is 6.28. The zero-order valence-corrected chi connectivity index (χ0v) is 15.5. The van der Waals surface area contributed by atoms with Crippen molar-refractivity contribution in [1.29, 1.82) is 0 Å². The van der Waals surface area contributed by atoms with Crippen LogP contribution in [0.3, 0.4) is 0 Å². The summed E-state index contributed by atoms with van der Waals surface area (Å²) in [6, 6.07) is 9.45. The third kappa shape index (κ3) is 5.96. The van der Waals surface area contributed by atoms with E-state index in [1.807, 2.05) is 58.0 Å². The van der Waals surface area contributed by atoms with E-state index in [1.165, 1.54) is 0 Å². The molecule has 0 bridgehead atoms. The number of carbonyl (C=O) groups excluding carboxylic acids is 2. The number of rotatable bonds is 4.